The van der Waals surface area contributed by atoms with Gasteiger partial charge in [0.05, 0.1) is 0 Å². The quantitative estimate of drug-likeness (QED) is 0.779. The Balaban J connectivity index is 1.91. The molecule has 1 fully saturated rings. The predicted octanol–water partition coefficient (Wildman–Crippen LogP) is 2.63. The standard InChI is InChI=1S/C18H31N3O4S/c1-12(2)6-7-13(3)19-18(22)16-8-10-21(11-9-16)26(23,24)17-14(4)20-25-15(17)5/h12-13,16H,6-11H2,1-5H3,(H,19,22). The Bertz CT molecular complexity index is 699. The highest BCUT2D eigenvalue weighted by Crippen LogP contribution is 2.27. The van der Waals surface area contributed by atoms with E-state index in [-0.39, 0.29) is 22.8 Å². The molecule has 1 saturated heterocycles. The topological polar surface area (TPSA) is 92.5 Å². The zero-order valence-corrected chi connectivity index (χ0v) is 17.2. The molecule has 2 heterocycles. The summed E-state index contributed by atoms with van der Waals surface area (Å²) < 4.78 is 32.1. The molecule has 1 atom stereocenters. The van der Waals surface area contributed by atoms with Crippen LogP contribution >= 0.6 is 0 Å². The first-order chi connectivity index (χ1) is 12.1. The first-order valence-corrected chi connectivity index (χ1v) is 10.8. The monoisotopic (exact) mass is 385 g/mol. The lowest BCUT2D eigenvalue weighted by molar-refractivity contribution is -0.126. The molecule has 1 amide bonds. The Hall–Kier alpha value is -1.41. The summed E-state index contributed by atoms with van der Waals surface area (Å²) in [4.78, 5) is 12.6. The number of carbonyl (C=O) groups excluding carboxylic acids is 1. The van der Waals surface area contributed by atoms with Crippen LogP contribution in [-0.4, -0.2) is 42.9 Å². The van der Waals surface area contributed by atoms with E-state index in [9.17, 15) is 13.2 Å². The number of hydrogen-bond donors (Lipinski definition) is 1. The van der Waals surface area contributed by atoms with Gasteiger partial charge in [0.1, 0.15) is 10.6 Å². The molecule has 7 nitrogen and oxygen atoms in total. The van der Waals surface area contributed by atoms with Crippen molar-refractivity contribution in [3.63, 3.8) is 0 Å². The zero-order valence-electron chi connectivity index (χ0n) is 16.4. The van der Waals surface area contributed by atoms with Crippen molar-refractivity contribution in [3.8, 4) is 0 Å². The van der Waals surface area contributed by atoms with Crippen LogP contribution in [0, 0.1) is 25.7 Å². The van der Waals surface area contributed by atoms with Gasteiger partial charge in [0.15, 0.2) is 5.76 Å². The molecule has 0 aromatic carbocycles. The highest BCUT2D eigenvalue weighted by atomic mass is 32.2. The van der Waals surface area contributed by atoms with Gasteiger partial charge < -0.3 is 9.84 Å². The summed E-state index contributed by atoms with van der Waals surface area (Å²) in [5.41, 5.74) is 0.376. The molecule has 2 rings (SSSR count). The molecule has 1 N–H and O–H groups in total. The minimum absolute atomic E-state index is 0.0376. The van der Waals surface area contributed by atoms with Crippen molar-refractivity contribution in [2.24, 2.45) is 11.8 Å². The molecule has 1 aromatic rings. The molecule has 0 radical (unpaired) electrons. The zero-order chi connectivity index (χ0) is 19.5. The van der Waals surface area contributed by atoms with Gasteiger partial charge in [0.25, 0.3) is 0 Å². The lowest BCUT2D eigenvalue weighted by Gasteiger charge is -2.31. The van der Waals surface area contributed by atoms with Crippen molar-refractivity contribution in [1.82, 2.24) is 14.8 Å². The number of aromatic nitrogens is 1. The normalized spacial score (nSPS) is 18.2. The lowest BCUT2D eigenvalue weighted by Crippen LogP contribution is -2.45. The summed E-state index contributed by atoms with van der Waals surface area (Å²) in [7, 11) is -3.63. The molecule has 0 spiro atoms. The van der Waals surface area contributed by atoms with Crippen LogP contribution in [0.3, 0.4) is 0 Å². The third-order valence-corrected chi connectivity index (χ3v) is 7.10. The van der Waals surface area contributed by atoms with Crippen molar-refractivity contribution in [1.29, 1.82) is 0 Å². The van der Waals surface area contributed by atoms with Crippen LogP contribution < -0.4 is 5.32 Å². The minimum Gasteiger partial charge on any atom is -0.360 e. The molecule has 1 aliphatic heterocycles. The van der Waals surface area contributed by atoms with E-state index in [1.807, 2.05) is 6.92 Å². The number of rotatable bonds is 7. The summed E-state index contributed by atoms with van der Waals surface area (Å²) in [5, 5.41) is 6.81. The van der Waals surface area contributed by atoms with E-state index in [2.05, 4.69) is 24.3 Å². The van der Waals surface area contributed by atoms with Gasteiger partial charge in [-0.2, -0.15) is 4.31 Å². The molecule has 1 unspecified atom stereocenters. The fraction of sp³-hybridized carbons (Fsp3) is 0.778. The Labute approximate surface area is 156 Å². The van der Waals surface area contributed by atoms with Gasteiger partial charge in [-0.1, -0.05) is 19.0 Å². The number of nitrogens with one attached hydrogen (secondary N) is 1. The summed E-state index contributed by atoms with van der Waals surface area (Å²) in [6.45, 7) is 10.3. The SMILES string of the molecule is Cc1noc(C)c1S(=O)(=O)N1CCC(C(=O)NC(C)CCC(C)C)CC1. The number of amides is 1. The number of piperidine rings is 1. The van der Waals surface area contributed by atoms with E-state index in [1.165, 1.54) is 4.31 Å². The average molecular weight is 386 g/mol. The minimum atomic E-state index is -3.63. The van der Waals surface area contributed by atoms with Gasteiger partial charge in [-0.3, -0.25) is 4.79 Å². The van der Waals surface area contributed by atoms with Crippen molar-refractivity contribution in [3.05, 3.63) is 11.5 Å². The average Bonchev–Trinajstić information content (AvgIpc) is 2.92. The van der Waals surface area contributed by atoms with Crippen LogP contribution in [0.25, 0.3) is 0 Å². The van der Waals surface area contributed by atoms with E-state index in [4.69, 9.17) is 4.52 Å². The van der Waals surface area contributed by atoms with E-state index in [0.29, 0.717) is 43.3 Å². The maximum atomic E-state index is 12.8. The number of sulfonamides is 1. The smallest absolute Gasteiger partial charge is 0.248 e. The van der Waals surface area contributed by atoms with Gasteiger partial charge in [0.2, 0.25) is 15.9 Å². The van der Waals surface area contributed by atoms with Crippen LogP contribution in [0.15, 0.2) is 9.42 Å². The molecule has 1 aromatic heterocycles. The van der Waals surface area contributed by atoms with Crippen LogP contribution in [0.5, 0.6) is 0 Å². The third kappa shape index (κ3) is 4.85. The van der Waals surface area contributed by atoms with E-state index < -0.39 is 10.0 Å². The van der Waals surface area contributed by atoms with Crippen LogP contribution in [0.2, 0.25) is 0 Å². The molecule has 0 saturated carbocycles. The van der Waals surface area contributed by atoms with Crippen molar-refractivity contribution in [2.45, 2.75) is 71.2 Å². The first kappa shape index (κ1) is 20.9. The molecule has 26 heavy (non-hydrogen) atoms. The number of hydrogen-bond acceptors (Lipinski definition) is 5. The second kappa shape index (κ2) is 8.52. The summed E-state index contributed by atoms with van der Waals surface area (Å²) in [6.07, 6.45) is 3.11. The molecule has 1 aliphatic rings. The third-order valence-electron chi connectivity index (χ3n) is 4.96. The van der Waals surface area contributed by atoms with Gasteiger partial charge in [-0.15, -0.1) is 0 Å². The number of nitrogens with zero attached hydrogens (tertiary/aromatic N) is 2. The van der Waals surface area contributed by atoms with E-state index in [1.54, 1.807) is 13.8 Å². The second-order valence-electron chi connectivity index (χ2n) is 7.71. The van der Waals surface area contributed by atoms with E-state index in [0.717, 1.165) is 12.8 Å². The predicted molar refractivity (Wildman–Crippen MR) is 99.1 cm³/mol. The van der Waals surface area contributed by atoms with Gasteiger partial charge in [0, 0.05) is 25.0 Å². The van der Waals surface area contributed by atoms with Gasteiger partial charge >= 0.3 is 0 Å². The molecule has 8 heteroatoms. The molecule has 148 valence electrons. The number of aryl methyl sites for hydroxylation is 2. The van der Waals surface area contributed by atoms with Crippen molar-refractivity contribution < 1.29 is 17.7 Å². The van der Waals surface area contributed by atoms with Crippen LogP contribution in [0.1, 0.15) is 57.9 Å². The summed E-state index contributed by atoms with van der Waals surface area (Å²) in [5.74, 6) is 0.830. The Morgan fingerprint density at radius 3 is 2.35 bits per heavy atom. The summed E-state index contributed by atoms with van der Waals surface area (Å²) in [6, 6.07) is 0.147. The second-order valence-corrected chi connectivity index (χ2v) is 9.59. The van der Waals surface area contributed by atoms with E-state index >= 15 is 0 Å². The summed E-state index contributed by atoms with van der Waals surface area (Å²) >= 11 is 0. The lowest BCUT2D eigenvalue weighted by atomic mass is 9.96. The number of carbonyl (C=O) groups is 1. The molecule has 0 bridgehead atoms. The maximum absolute atomic E-state index is 12.8. The van der Waals surface area contributed by atoms with Gasteiger partial charge in [-0.05, 0) is 52.4 Å². The van der Waals surface area contributed by atoms with Crippen molar-refractivity contribution >= 4 is 15.9 Å². The van der Waals surface area contributed by atoms with Crippen molar-refractivity contribution in [2.75, 3.05) is 13.1 Å². The largest absolute Gasteiger partial charge is 0.360 e. The van der Waals surface area contributed by atoms with Crippen LogP contribution in [0.4, 0.5) is 0 Å². The molecule has 0 aliphatic carbocycles. The Kier molecular flexibility index (Phi) is 6.85. The first-order valence-electron chi connectivity index (χ1n) is 9.36. The Morgan fingerprint density at radius 2 is 1.85 bits per heavy atom. The fourth-order valence-corrected chi connectivity index (χ4v) is 5.11. The highest BCUT2D eigenvalue weighted by molar-refractivity contribution is 7.89. The molecular formula is C18H31N3O4S. The highest BCUT2D eigenvalue weighted by Gasteiger charge is 2.35. The maximum Gasteiger partial charge on any atom is 0.248 e. The molecular weight excluding hydrogens is 354 g/mol. The fourth-order valence-electron chi connectivity index (χ4n) is 3.35. The Morgan fingerprint density at radius 1 is 1.23 bits per heavy atom. The van der Waals surface area contributed by atoms with Gasteiger partial charge in [-0.25, -0.2) is 8.42 Å². The van der Waals surface area contributed by atoms with Crippen LogP contribution in [-0.2, 0) is 14.8 Å².